The fourth-order valence-electron chi connectivity index (χ4n) is 2.92. The van der Waals surface area contributed by atoms with E-state index in [4.69, 9.17) is 0 Å². The normalized spacial score (nSPS) is 13.0. The van der Waals surface area contributed by atoms with Gasteiger partial charge in [-0.2, -0.15) is 0 Å². The van der Waals surface area contributed by atoms with E-state index in [2.05, 4.69) is 4.98 Å². The van der Waals surface area contributed by atoms with Crippen LogP contribution in [-0.2, 0) is 6.54 Å². The maximum absolute atomic E-state index is 13.1. The van der Waals surface area contributed by atoms with Crippen molar-refractivity contribution in [3.05, 3.63) is 102 Å². The standard InChI is InChI=1S/C22H22N2O2/c1-17(21(25)19-12-6-3-7-13-19)24(16-18-10-4-2-5-11-18)22(26)20-14-8-9-15-23-20/h2-15,17,21,25H,16H2,1H3. The Bertz CT molecular complexity index is 823. The van der Waals surface area contributed by atoms with Gasteiger partial charge in [0.05, 0.1) is 12.1 Å². The van der Waals surface area contributed by atoms with Crippen LogP contribution in [0, 0.1) is 0 Å². The number of aromatic nitrogens is 1. The van der Waals surface area contributed by atoms with E-state index in [1.165, 1.54) is 0 Å². The number of pyridine rings is 1. The molecule has 0 fully saturated rings. The third-order valence-corrected chi connectivity index (χ3v) is 4.43. The third kappa shape index (κ3) is 4.16. The van der Waals surface area contributed by atoms with Gasteiger partial charge in [0.2, 0.25) is 0 Å². The minimum atomic E-state index is -0.785. The van der Waals surface area contributed by atoms with Gasteiger partial charge in [-0.1, -0.05) is 66.7 Å². The Morgan fingerprint density at radius 2 is 1.58 bits per heavy atom. The molecule has 0 aliphatic rings. The van der Waals surface area contributed by atoms with E-state index in [-0.39, 0.29) is 5.91 Å². The van der Waals surface area contributed by atoms with Crippen LogP contribution in [0.5, 0.6) is 0 Å². The molecule has 3 rings (SSSR count). The Kier molecular flexibility index (Phi) is 5.77. The van der Waals surface area contributed by atoms with Crippen molar-refractivity contribution in [3.63, 3.8) is 0 Å². The highest BCUT2D eigenvalue weighted by atomic mass is 16.3. The molecule has 4 heteroatoms. The second kappa shape index (κ2) is 8.41. The van der Waals surface area contributed by atoms with Crippen LogP contribution in [0.2, 0.25) is 0 Å². The zero-order valence-electron chi connectivity index (χ0n) is 14.7. The van der Waals surface area contributed by atoms with Gasteiger partial charge in [0.25, 0.3) is 5.91 Å². The molecule has 1 aromatic heterocycles. The molecule has 0 radical (unpaired) electrons. The van der Waals surface area contributed by atoms with Crippen LogP contribution in [0.15, 0.2) is 85.1 Å². The number of aliphatic hydroxyl groups is 1. The number of carbonyl (C=O) groups is 1. The number of hydrogen-bond acceptors (Lipinski definition) is 3. The highest BCUT2D eigenvalue weighted by Crippen LogP contribution is 2.23. The molecule has 0 aliphatic heterocycles. The zero-order chi connectivity index (χ0) is 18.4. The first-order valence-corrected chi connectivity index (χ1v) is 8.66. The van der Waals surface area contributed by atoms with E-state index in [1.807, 2.05) is 67.6 Å². The van der Waals surface area contributed by atoms with Gasteiger partial charge in [0, 0.05) is 12.7 Å². The summed E-state index contributed by atoms with van der Waals surface area (Å²) in [5.74, 6) is -0.197. The van der Waals surface area contributed by atoms with Gasteiger partial charge >= 0.3 is 0 Å². The van der Waals surface area contributed by atoms with E-state index in [0.717, 1.165) is 11.1 Å². The fraction of sp³-hybridized carbons (Fsp3) is 0.182. The second-order valence-electron chi connectivity index (χ2n) is 6.23. The first-order chi connectivity index (χ1) is 12.7. The molecule has 1 heterocycles. The van der Waals surface area contributed by atoms with Crippen molar-refractivity contribution in [1.29, 1.82) is 0 Å². The van der Waals surface area contributed by atoms with Gasteiger partial charge in [0.15, 0.2) is 0 Å². The van der Waals surface area contributed by atoms with Crippen LogP contribution in [0.3, 0.4) is 0 Å². The number of hydrogen-bond donors (Lipinski definition) is 1. The molecule has 4 nitrogen and oxygen atoms in total. The summed E-state index contributed by atoms with van der Waals surface area (Å²) in [5.41, 5.74) is 2.16. The van der Waals surface area contributed by atoms with Crippen molar-refractivity contribution in [2.45, 2.75) is 25.6 Å². The Morgan fingerprint density at radius 1 is 0.962 bits per heavy atom. The summed E-state index contributed by atoms with van der Waals surface area (Å²) in [6, 6.07) is 24.0. The van der Waals surface area contributed by atoms with Crippen molar-refractivity contribution in [1.82, 2.24) is 9.88 Å². The lowest BCUT2D eigenvalue weighted by atomic mass is 10.0. The van der Waals surface area contributed by atoms with Gasteiger partial charge in [0.1, 0.15) is 5.69 Å². The van der Waals surface area contributed by atoms with Crippen molar-refractivity contribution in [2.75, 3.05) is 0 Å². The molecule has 1 N–H and O–H groups in total. The Labute approximate surface area is 153 Å². The van der Waals surface area contributed by atoms with Gasteiger partial charge < -0.3 is 10.0 Å². The number of amides is 1. The lowest BCUT2D eigenvalue weighted by Gasteiger charge is -2.32. The summed E-state index contributed by atoms with van der Waals surface area (Å²) in [4.78, 5) is 18.9. The quantitative estimate of drug-likeness (QED) is 0.738. The first kappa shape index (κ1) is 17.8. The highest BCUT2D eigenvalue weighted by Gasteiger charge is 2.28. The van der Waals surface area contributed by atoms with Crippen molar-refractivity contribution >= 4 is 5.91 Å². The van der Waals surface area contributed by atoms with Gasteiger partial charge in [-0.3, -0.25) is 9.78 Å². The minimum Gasteiger partial charge on any atom is -0.386 e. The third-order valence-electron chi connectivity index (χ3n) is 4.43. The van der Waals surface area contributed by atoms with Crippen LogP contribution >= 0.6 is 0 Å². The summed E-state index contributed by atoms with van der Waals surface area (Å²) in [7, 11) is 0. The second-order valence-corrected chi connectivity index (χ2v) is 6.23. The summed E-state index contributed by atoms with van der Waals surface area (Å²) in [5, 5.41) is 10.8. The van der Waals surface area contributed by atoms with Crippen molar-refractivity contribution in [2.24, 2.45) is 0 Å². The number of aliphatic hydroxyl groups excluding tert-OH is 1. The first-order valence-electron chi connectivity index (χ1n) is 8.66. The monoisotopic (exact) mass is 346 g/mol. The van der Waals surface area contributed by atoms with Crippen LogP contribution < -0.4 is 0 Å². The predicted molar refractivity (Wildman–Crippen MR) is 101 cm³/mol. The highest BCUT2D eigenvalue weighted by molar-refractivity contribution is 5.92. The average Bonchev–Trinajstić information content (AvgIpc) is 2.72. The lowest BCUT2D eigenvalue weighted by molar-refractivity contribution is 0.0370. The average molecular weight is 346 g/mol. The Hall–Kier alpha value is -2.98. The minimum absolute atomic E-state index is 0.197. The van der Waals surface area contributed by atoms with E-state index in [1.54, 1.807) is 29.3 Å². The van der Waals surface area contributed by atoms with E-state index in [0.29, 0.717) is 12.2 Å². The molecule has 0 aliphatic carbocycles. The molecule has 132 valence electrons. The van der Waals surface area contributed by atoms with Gasteiger partial charge in [-0.05, 0) is 30.2 Å². The number of benzene rings is 2. The summed E-state index contributed by atoms with van der Waals surface area (Å²) >= 11 is 0. The largest absolute Gasteiger partial charge is 0.386 e. The molecule has 0 saturated heterocycles. The molecule has 0 bridgehead atoms. The Balaban J connectivity index is 1.90. The zero-order valence-corrected chi connectivity index (χ0v) is 14.7. The van der Waals surface area contributed by atoms with E-state index >= 15 is 0 Å². The van der Waals surface area contributed by atoms with Crippen LogP contribution in [0.1, 0.15) is 34.6 Å². The lowest BCUT2D eigenvalue weighted by Crippen LogP contribution is -2.42. The summed E-state index contributed by atoms with van der Waals surface area (Å²) < 4.78 is 0. The van der Waals surface area contributed by atoms with E-state index in [9.17, 15) is 9.90 Å². The molecule has 0 spiro atoms. The predicted octanol–water partition coefficient (Wildman–Crippen LogP) is 3.85. The number of nitrogens with zero attached hydrogens (tertiary/aromatic N) is 2. The maximum atomic E-state index is 13.1. The molecular formula is C22H22N2O2. The van der Waals surface area contributed by atoms with E-state index < -0.39 is 12.1 Å². The molecule has 2 unspecified atom stereocenters. The molecular weight excluding hydrogens is 324 g/mol. The summed E-state index contributed by atoms with van der Waals surface area (Å²) in [6.07, 6.45) is 0.819. The molecule has 2 aromatic carbocycles. The molecule has 3 aromatic rings. The molecule has 26 heavy (non-hydrogen) atoms. The van der Waals surface area contributed by atoms with Crippen LogP contribution in [0.25, 0.3) is 0 Å². The fourth-order valence-corrected chi connectivity index (χ4v) is 2.92. The smallest absolute Gasteiger partial charge is 0.273 e. The maximum Gasteiger partial charge on any atom is 0.273 e. The SMILES string of the molecule is CC(C(O)c1ccccc1)N(Cc1ccccc1)C(=O)c1ccccn1. The Morgan fingerprint density at radius 3 is 2.19 bits per heavy atom. The summed E-state index contributed by atoms with van der Waals surface area (Å²) in [6.45, 7) is 2.27. The molecule has 1 amide bonds. The number of rotatable bonds is 6. The van der Waals surface area contributed by atoms with Crippen LogP contribution in [0.4, 0.5) is 0 Å². The van der Waals surface area contributed by atoms with Crippen molar-refractivity contribution in [3.8, 4) is 0 Å². The number of carbonyl (C=O) groups excluding carboxylic acids is 1. The van der Waals surface area contributed by atoms with Gasteiger partial charge in [-0.15, -0.1) is 0 Å². The molecule has 0 saturated carbocycles. The van der Waals surface area contributed by atoms with Gasteiger partial charge in [-0.25, -0.2) is 0 Å². The topological polar surface area (TPSA) is 53.4 Å². The van der Waals surface area contributed by atoms with Crippen molar-refractivity contribution < 1.29 is 9.90 Å². The van der Waals surface area contributed by atoms with Crippen LogP contribution in [-0.4, -0.2) is 26.9 Å². The molecule has 2 atom stereocenters.